The first-order valence-electron chi connectivity index (χ1n) is 7.55. The number of carbonyl (C=O) groups is 2. The average Bonchev–Trinajstić information content (AvgIpc) is 3.06. The zero-order valence-corrected chi connectivity index (χ0v) is 13.4. The molecule has 21 heavy (non-hydrogen) atoms. The summed E-state index contributed by atoms with van der Waals surface area (Å²) in [4.78, 5) is 23.7. The highest BCUT2D eigenvalue weighted by Gasteiger charge is 2.42. The Morgan fingerprint density at radius 3 is 2.71 bits per heavy atom. The van der Waals surface area contributed by atoms with E-state index in [1.54, 1.807) is 11.3 Å². The Morgan fingerprint density at radius 2 is 2.14 bits per heavy atom. The highest BCUT2D eigenvalue weighted by Crippen LogP contribution is 2.38. The van der Waals surface area contributed by atoms with Gasteiger partial charge in [0, 0.05) is 6.04 Å². The minimum atomic E-state index is -0.836. The van der Waals surface area contributed by atoms with Crippen molar-refractivity contribution in [2.45, 2.75) is 45.6 Å². The molecule has 4 nitrogen and oxygen atoms in total. The second kappa shape index (κ2) is 7.07. The van der Waals surface area contributed by atoms with Crippen molar-refractivity contribution in [2.24, 2.45) is 17.8 Å². The summed E-state index contributed by atoms with van der Waals surface area (Å²) in [6.07, 6.45) is 3.06. The monoisotopic (exact) mass is 309 g/mol. The molecule has 1 fully saturated rings. The fraction of sp³-hybridized carbons (Fsp3) is 0.625. The van der Waals surface area contributed by atoms with Gasteiger partial charge in [0.2, 0.25) is 5.91 Å². The molecule has 1 heterocycles. The lowest BCUT2D eigenvalue weighted by Gasteiger charge is -2.19. The molecule has 1 saturated carbocycles. The second-order valence-corrected chi connectivity index (χ2v) is 6.82. The smallest absolute Gasteiger partial charge is 0.307 e. The lowest BCUT2D eigenvalue weighted by atomic mass is 9.95. The third-order valence-corrected chi connectivity index (χ3v) is 5.13. The van der Waals surface area contributed by atoms with E-state index in [9.17, 15) is 14.7 Å². The summed E-state index contributed by atoms with van der Waals surface area (Å²) in [6, 6.07) is 2.08. The standard InChI is InChI=1S/C16H23NO3S/c1-3-11-7-13(14(8-11)16(19)20)15(18)17-10(2)6-12-4-5-21-9-12/h4-5,9-11,13-14H,3,6-8H2,1-2H3,(H,17,18)(H,19,20)/t10?,11?,13-,14+/m0/s1. The summed E-state index contributed by atoms with van der Waals surface area (Å²) in [6.45, 7) is 4.03. The minimum absolute atomic E-state index is 0.0298. The van der Waals surface area contributed by atoms with Gasteiger partial charge in [-0.1, -0.05) is 13.3 Å². The molecule has 1 amide bonds. The van der Waals surface area contributed by atoms with Gasteiger partial charge in [-0.15, -0.1) is 0 Å². The van der Waals surface area contributed by atoms with Gasteiger partial charge in [0.25, 0.3) is 0 Å². The van der Waals surface area contributed by atoms with Crippen molar-refractivity contribution >= 4 is 23.2 Å². The number of nitrogens with one attached hydrogen (secondary N) is 1. The maximum absolute atomic E-state index is 12.4. The highest BCUT2D eigenvalue weighted by molar-refractivity contribution is 7.07. The molecule has 0 spiro atoms. The number of rotatable bonds is 6. The van der Waals surface area contributed by atoms with Gasteiger partial charge >= 0.3 is 5.97 Å². The number of hydrogen-bond acceptors (Lipinski definition) is 3. The maximum Gasteiger partial charge on any atom is 0.307 e. The molecule has 1 aromatic rings. The Balaban J connectivity index is 1.93. The van der Waals surface area contributed by atoms with Gasteiger partial charge in [-0.3, -0.25) is 9.59 Å². The number of aliphatic carboxylic acids is 1. The van der Waals surface area contributed by atoms with Crippen LogP contribution in [0.15, 0.2) is 16.8 Å². The molecular weight excluding hydrogens is 286 g/mol. The van der Waals surface area contributed by atoms with Crippen LogP contribution in [0, 0.1) is 17.8 Å². The van der Waals surface area contributed by atoms with E-state index in [4.69, 9.17) is 0 Å². The van der Waals surface area contributed by atoms with E-state index in [1.807, 2.05) is 12.3 Å². The molecule has 0 radical (unpaired) electrons. The van der Waals surface area contributed by atoms with Crippen molar-refractivity contribution in [2.75, 3.05) is 0 Å². The van der Waals surface area contributed by atoms with Crippen LogP contribution in [0.1, 0.15) is 38.7 Å². The minimum Gasteiger partial charge on any atom is -0.481 e. The molecule has 0 saturated heterocycles. The van der Waals surface area contributed by atoms with Gasteiger partial charge in [0.05, 0.1) is 11.8 Å². The molecule has 2 N–H and O–H groups in total. The van der Waals surface area contributed by atoms with E-state index in [-0.39, 0.29) is 17.9 Å². The van der Waals surface area contributed by atoms with Crippen LogP contribution in [0.4, 0.5) is 0 Å². The molecule has 4 atom stereocenters. The predicted molar refractivity (Wildman–Crippen MR) is 83.3 cm³/mol. The summed E-state index contributed by atoms with van der Waals surface area (Å²) in [5.74, 6) is -1.48. The van der Waals surface area contributed by atoms with Gasteiger partial charge in [-0.2, -0.15) is 11.3 Å². The normalized spacial score (nSPS) is 26.5. The van der Waals surface area contributed by atoms with E-state index in [0.29, 0.717) is 18.8 Å². The van der Waals surface area contributed by atoms with Gasteiger partial charge in [-0.25, -0.2) is 0 Å². The first-order valence-corrected chi connectivity index (χ1v) is 8.49. The van der Waals surface area contributed by atoms with Crippen LogP contribution >= 0.6 is 11.3 Å². The molecule has 0 aromatic carbocycles. The van der Waals surface area contributed by atoms with Crippen LogP contribution in [-0.4, -0.2) is 23.0 Å². The van der Waals surface area contributed by atoms with E-state index < -0.39 is 11.9 Å². The van der Waals surface area contributed by atoms with Crippen molar-refractivity contribution in [1.82, 2.24) is 5.32 Å². The quantitative estimate of drug-likeness (QED) is 0.849. The molecule has 2 unspecified atom stereocenters. The van der Waals surface area contributed by atoms with Crippen LogP contribution in [0.3, 0.4) is 0 Å². The SMILES string of the molecule is CCC1C[C@H](C(=O)NC(C)Cc2ccsc2)[C@H](C(=O)O)C1. The number of carbonyl (C=O) groups excluding carboxylic acids is 1. The van der Waals surface area contributed by atoms with Crippen molar-refractivity contribution in [3.8, 4) is 0 Å². The Morgan fingerprint density at radius 1 is 1.43 bits per heavy atom. The number of hydrogen-bond donors (Lipinski definition) is 2. The van der Waals surface area contributed by atoms with Crippen molar-refractivity contribution in [3.63, 3.8) is 0 Å². The average molecular weight is 309 g/mol. The molecule has 1 aliphatic rings. The molecule has 116 valence electrons. The highest BCUT2D eigenvalue weighted by atomic mass is 32.1. The summed E-state index contributed by atoms with van der Waals surface area (Å²) in [5, 5.41) is 16.4. The zero-order valence-electron chi connectivity index (χ0n) is 12.5. The Bertz CT molecular complexity index is 486. The number of carboxylic acid groups (broad SMARTS) is 1. The van der Waals surface area contributed by atoms with Gasteiger partial charge in [-0.05, 0) is 54.5 Å². The van der Waals surface area contributed by atoms with Crippen LogP contribution in [-0.2, 0) is 16.0 Å². The van der Waals surface area contributed by atoms with E-state index >= 15 is 0 Å². The van der Waals surface area contributed by atoms with Crippen molar-refractivity contribution in [3.05, 3.63) is 22.4 Å². The largest absolute Gasteiger partial charge is 0.481 e. The summed E-state index contributed by atoms with van der Waals surface area (Å²) in [7, 11) is 0. The van der Waals surface area contributed by atoms with Crippen molar-refractivity contribution in [1.29, 1.82) is 0 Å². The predicted octanol–water partition coefficient (Wildman–Crippen LogP) is 2.93. The third-order valence-electron chi connectivity index (χ3n) is 4.40. The van der Waals surface area contributed by atoms with Gasteiger partial charge < -0.3 is 10.4 Å². The molecule has 2 rings (SSSR count). The zero-order chi connectivity index (χ0) is 15.4. The summed E-state index contributed by atoms with van der Waals surface area (Å²) >= 11 is 1.64. The number of carboxylic acids is 1. The topological polar surface area (TPSA) is 66.4 Å². The fourth-order valence-corrected chi connectivity index (χ4v) is 3.88. The lowest BCUT2D eigenvalue weighted by molar-refractivity contribution is -0.146. The Labute approximate surface area is 129 Å². The second-order valence-electron chi connectivity index (χ2n) is 6.04. The number of amides is 1. The third kappa shape index (κ3) is 4.06. The van der Waals surface area contributed by atoms with E-state index in [2.05, 4.69) is 23.7 Å². The molecule has 0 aliphatic heterocycles. The van der Waals surface area contributed by atoms with E-state index in [1.165, 1.54) is 5.56 Å². The molecule has 0 bridgehead atoms. The van der Waals surface area contributed by atoms with Crippen LogP contribution in [0.2, 0.25) is 0 Å². The Hall–Kier alpha value is -1.36. The van der Waals surface area contributed by atoms with Gasteiger partial charge in [0.1, 0.15) is 0 Å². The van der Waals surface area contributed by atoms with Gasteiger partial charge in [0.15, 0.2) is 0 Å². The lowest BCUT2D eigenvalue weighted by Crippen LogP contribution is -2.40. The summed E-state index contributed by atoms with van der Waals surface area (Å²) < 4.78 is 0. The molecular formula is C16H23NO3S. The first kappa shape index (κ1) is 16.0. The molecule has 5 heteroatoms. The number of thiophene rings is 1. The van der Waals surface area contributed by atoms with Crippen molar-refractivity contribution < 1.29 is 14.7 Å². The van der Waals surface area contributed by atoms with Crippen LogP contribution in [0.25, 0.3) is 0 Å². The Kier molecular flexibility index (Phi) is 5.39. The van der Waals surface area contributed by atoms with Crippen LogP contribution < -0.4 is 5.32 Å². The summed E-state index contributed by atoms with van der Waals surface area (Å²) in [5.41, 5.74) is 1.21. The maximum atomic E-state index is 12.4. The fourth-order valence-electron chi connectivity index (χ4n) is 3.20. The van der Waals surface area contributed by atoms with E-state index in [0.717, 1.165) is 12.8 Å². The first-order chi connectivity index (χ1) is 10.0. The molecule has 1 aromatic heterocycles. The van der Waals surface area contributed by atoms with Crippen LogP contribution in [0.5, 0.6) is 0 Å². The molecule has 1 aliphatic carbocycles.